The van der Waals surface area contributed by atoms with Crippen LogP contribution in [-0.4, -0.2) is 12.8 Å². The summed E-state index contributed by atoms with van der Waals surface area (Å²) in [4.78, 5) is 2.31. The molecule has 3 heteroatoms. The van der Waals surface area contributed by atoms with Crippen LogP contribution in [0.1, 0.15) is 30.5 Å². The van der Waals surface area contributed by atoms with Crippen molar-refractivity contribution in [2.75, 3.05) is 11.9 Å². The van der Waals surface area contributed by atoms with Gasteiger partial charge in [-0.1, -0.05) is 115 Å². The lowest BCUT2D eigenvalue weighted by molar-refractivity contribution is -0.572. The summed E-state index contributed by atoms with van der Waals surface area (Å²) in [5.74, 6) is 0.893. The van der Waals surface area contributed by atoms with Gasteiger partial charge in [0.2, 0.25) is 22.8 Å². The SMILES string of the molecule is Cc1ccc(-c2cc(-c3ccccc3)[n+](-c3cc4c(c(-c5ccccc5)c3)OC3(C=C4)N(C)c4ccccc4C3(C)C)c(-c3ccccc3)c2)cc1. The second-order valence-electron chi connectivity index (χ2n) is 14.6. The van der Waals surface area contributed by atoms with Crippen LogP contribution in [-0.2, 0) is 5.41 Å². The molecule has 1 spiro atoms. The van der Waals surface area contributed by atoms with E-state index < -0.39 is 5.72 Å². The van der Waals surface area contributed by atoms with Gasteiger partial charge in [0.05, 0.1) is 5.41 Å². The summed E-state index contributed by atoms with van der Waals surface area (Å²) < 4.78 is 9.84. The van der Waals surface area contributed by atoms with E-state index in [1.807, 2.05) is 0 Å². The molecule has 3 heterocycles. The Hall–Kier alpha value is -6.19. The van der Waals surface area contributed by atoms with Crippen molar-refractivity contribution in [2.24, 2.45) is 0 Å². The summed E-state index contributed by atoms with van der Waals surface area (Å²) in [6, 6.07) is 59.0. The van der Waals surface area contributed by atoms with Gasteiger partial charge in [-0.2, -0.15) is 4.57 Å². The van der Waals surface area contributed by atoms with Gasteiger partial charge in [0, 0.05) is 59.3 Å². The van der Waals surface area contributed by atoms with E-state index in [0.717, 1.165) is 50.6 Å². The predicted molar refractivity (Wildman–Crippen MR) is 215 cm³/mol. The number of pyridine rings is 1. The summed E-state index contributed by atoms with van der Waals surface area (Å²) in [6.07, 6.45) is 4.56. The Morgan fingerprint density at radius 1 is 0.558 bits per heavy atom. The van der Waals surface area contributed by atoms with Gasteiger partial charge in [0.1, 0.15) is 5.75 Å². The lowest BCUT2D eigenvalue weighted by atomic mass is 9.76. The minimum absolute atomic E-state index is 0.305. The van der Waals surface area contributed by atoms with Crippen LogP contribution in [0.25, 0.3) is 56.5 Å². The van der Waals surface area contributed by atoms with Gasteiger partial charge in [0.25, 0.3) is 0 Å². The zero-order valence-electron chi connectivity index (χ0n) is 30.0. The van der Waals surface area contributed by atoms with Crippen molar-refractivity contribution in [3.8, 4) is 56.2 Å². The third-order valence-corrected chi connectivity index (χ3v) is 11.1. The van der Waals surface area contributed by atoms with Crippen LogP contribution >= 0.6 is 0 Å². The van der Waals surface area contributed by atoms with Gasteiger partial charge in [-0.15, -0.1) is 0 Å². The summed E-state index contributed by atoms with van der Waals surface area (Å²) in [6.45, 7) is 6.73. The van der Waals surface area contributed by atoms with Crippen molar-refractivity contribution >= 4 is 11.8 Å². The van der Waals surface area contributed by atoms with Crippen LogP contribution < -0.4 is 14.2 Å². The van der Waals surface area contributed by atoms with Gasteiger partial charge in [-0.3, -0.25) is 0 Å². The molecule has 1 unspecified atom stereocenters. The molecule has 2 aliphatic heterocycles. The van der Waals surface area contributed by atoms with E-state index in [0.29, 0.717) is 0 Å². The molecule has 0 N–H and O–H groups in total. The number of likely N-dealkylation sites (N-methyl/N-ethyl adjacent to an activating group) is 1. The van der Waals surface area contributed by atoms with Gasteiger partial charge >= 0.3 is 0 Å². The smallest absolute Gasteiger partial charge is 0.219 e. The van der Waals surface area contributed by atoms with E-state index in [4.69, 9.17) is 4.74 Å². The predicted octanol–water partition coefficient (Wildman–Crippen LogP) is 11.5. The second-order valence-corrected chi connectivity index (χ2v) is 14.6. The fourth-order valence-corrected chi connectivity index (χ4v) is 8.26. The standard InChI is InChI=1S/C49H41N2O/c1-34-24-26-35(27-25-34)40-31-45(37-18-10-6-11-19-37)51(46(32-40)38-20-12-7-13-21-38)41-30-39-28-29-49(48(2,3)43-22-14-15-23-44(43)50(49)4)52-47(39)42(33-41)36-16-8-5-9-17-36/h5-33H,1-4H3/q+1. The minimum Gasteiger partial charge on any atom is -0.462 e. The highest BCUT2D eigenvalue weighted by molar-refractivity contribution is 5.82. The van der Waals surface area contributed by atoms with Crippen molar-refractivity contribution in [3.63, 3.8) is 0 Å². The molecule has 1 aromatic heterocycles. The highest BCUT2D eigenvalue weighted by Crippen LogP contribution is 2.55. The van der Waals surface area contributed by atoms with Crippen molar-refractivity contribution in [2.45, 2.75) is 31.9 Å². The monoisotopic (exact) mass is 673 g/mol. The maximum absolute atomic E-state index is 7.41. The first-order chi connectivity index (χ1) is 25.3. The molecule has 2 aliphatic rings. The lowest BCUT2D eigenvalue weighted by Gasteiger charge is -2.46. The van der Waals surface area contributed by atoms with Gasteiger partial charge in [-0.05, 0) is 85.5 Å². The van der Waals surface area contributed by atoms with E-state index >= 15 is 0 Å². The number of benzene rings is 6. The maximum Gasteiger partial charge on any atom is 0.219 e. The first-order valence-corrected chi connectivity index (χ1v) is 18.1. The third kappa shape index (κ3) is 4.99. The van der Waals surface area contributed by atoms with Crippen molar-refractivity contribution < 1.29 is 9.30 Å². The van der Waals surface area contributed by atoms with E-state index in [1.165, 1.54) is 27.9 Å². The van der Waals surface area contributed by atoms with Crippen molar-refractivity contribution in [1.29, 1.82) is 0 Å². The zero-order chi connectivity index (χ0) is 35.5. The first kappa shape index (κ1) is 31.8. The molecule has 252 valence electrons. The van der Waals surface area contributed by atoms with Crippen molar-refractivity contribution in [1.82, 2.24) is 0 Å². The largest absolute Gasteiger partial charge is 0.462 e. The third-order valence-electron chi connectivity index (χ3n) is 11.1. The first-order valence-electron chi connectivity index (χ1n) is 18.1. The minimum atomic E-state index is -0.692. The molecule has 52 heavy (non-hydrogen) atoms. The Morgan fingerprint density at radius 2 is 1.12 bits per heavy atom. The molecular weight excluding hydrogens is 633 g/mol. The van der Waals surface area contributed by atoms with Gasteiger partial charge in [-0.25, -0.2) is 0 Å². The number of fused-ring (bicyclic) bond motifs is 2. The van der Waals surface area contributed by atoms with E-state index in [9.17, 15) is 0 Å². The average Bonchev–Trinajstić information content (AvgIpc) is 3.35. The highest BCUT2D eigenvalue weighted by Gasteiger charge is 2.57. The Morgan fingerprint density at radius 3 is 1.71 bits per heavy atom. The number of hydrogen-bond acceptors (Lipinski definition) is 2. The number of nitrogens with zero attached hydrogens (tertiary/aromatic N) is 2. The number of rotatable bonds is 5. The molecule has 7 aromatic rings. The zero-order valence-corrected chi connectivity index (χ0v) is 30.0. The summed E-state index contributed by atoms with van der Waals surface area (Å²) in [7, 11) is 2.16. The Bertz CT molecular complexity index is 2410. The molecule has 0 saturated carbocycles. The lowest BCUT2D eigenvalue weighted by Crippen LogP contribution is -2.58. The number of aryl methyl sites for hydroxylation is 1. The van der Waals surface area contributed by atoms with Crippen LogP contribution in [0.2, 0.25) is 0 Å². The Balaban J connectivity index is 1.32. The quantitative estimate of drug-likeness (QED) is 0.169. The van der Waals surface area contributed by atoms with Crippen LogP contribution in [0.3, 0.4) is 0 Å². The normalized spacial score (nSPS) is 16.7. The summed E-state index contributed by atoms with van der Waals surface area (Å²) >= 11 is 0. The number of ether oxygens (including phenoxy) is 1. The molecule has 0 fully saturated rings. The second kappa shape index (κ2) is 12.2. The number of hydrogen-bond donors (Lipinski definition) is 0. The fraction of sp³-hybridized carbons (Fsp3) is 0.122. The van der Waals surface area contributed by atoms with Crippen LogP contribution in [0.4, 0.5) is 5.69 Å². The van der Waals surface area contributed by atoms with Crippen LogP contribution in [0.5, 0.6) is 5.75 Å². The molecule has 3 nitrogen and oxygen atoms in total. The maximum atomic E-state index is 7.41. The molecule has 9 rings (SSSR count). The molecule has 0 bridgehead atoms. The van der Waals surface area contributed by atoms with E-state index in [2.05, 4.69) is 213 Å². The molecule has 6 aromatic carbocycles. The molecule has 0 saturated heterocycles. The molecule has 1 atom stereocenters. The van der Waals surface area contributed by atoms with E-state index in [1.54, 1.807) is 0 Å². The molecular formula is C49H41N2O+. The number of para-hydroxylation sites is 1. The Kier molecular flexibility index (Phi) is 7.48. The number of aromatic nitrogens is 1. The average molecular weight is 674 g/mol. The molecule has 0 radical (unpaired) electrons. The van der Waals surface area contributed by atoms with Crippen molar-refractivity contribution in [3.05, 3.63) is 187 Å². The molecule has 0 amide bonds. The topological polar surface area (TPSA) is 16.4 Å². The summed E-state index contributed by atoms with van der Waals surface area (Å²) in [5.41, 5.74) is 13.9. The number of anilines is 1. The van der Waals surface area contributed by atoms with Crippen LogP contribution in [0.15, 0.2) is 170 Å². The Labute approximate surface area is 306 Å². The molecule has 0 aliphatic carbocycles. The summed E-state index contributed by atoms with van der Waals surface area (Å²) in [5, 5.41) is 0. The van der Waals surface area contributed by atoms with E-state index in [-0.39, 0.29) is 5.41 Å². The van der Waals surface area contributed by atoms with Gasteiger partial charge in [0.15, 0.2) is 0 Å². The fourth-order valence-electron chi connectivity index (χ4n) is 8.26. The highest BCUT2D eigenvalue weighted by atomic mass is 16.5. The van der Waals surface area contributed by atoms with Crippen LogP contribution in [0, 0.1) is 6.92 Å². The van der Waals surface area contributed by atoms with Gasteiger partial charge < -0.3 is 9.64 Å².